The lowest BCUT2D eigenvalue weighted by Crippen LogP contribution is -2.06. The van der Waals surface area contributed by atoms with Crippen molar-refractivity contribution in [1.82, 2.24) is 9.66 Å². The molecule has 0 atom stereocenters. The number of nitrogens with one attached hydrogen (secondary N) is 1. The summed E-state index contributed by atoms with van der Waals surface area (Å²) in [5.41, 5.74) is 5.36. The van der Waals surface area contributed by atoms with E-state index in [-0.39, 0.29) is 0 Å². The number of anilines is 1. The van der Waals surface area contributed by atoms with Crippen LogP contribution >= 0.6 is 11.6 Å². The number of hydrogen-bond donors (Lipinski definition) is 1. The van der Waals surface area contributed by atoms with Gasteiger partial charge in [0.1, 0.15) is 0 Å². The molecular formula is C13H10ClN3. The fourth-order valence-electron chi connectivity index (χ4n) is 1.78. The van der Waals surface area contributed by atoms with Crippen molar-refractivity contribution < 1.29 is 0 Å². The Kier molecular flexibility index (Phi) is 2.46. The first-order chi connectivity index (χ1) is 8.33. The Morgan fingerprint density at radius 2 is 1.88 bits per heavy atom. The first-order valence-electron chi connectivity index (χ1n) is 5.26. The highest BCUT2D eigenvalue weighted by molar-refractivity contribution is 6.31. The zero-order chi connectivity index (χ0) is 11.7. The molecule has 4 heteroatoms. The smallest absolute Gasteiger partial charge is 0.0697 e. The van der Waals surface area contributed by atoms with Gasteiger partial charge in [0.25, 0.3) is 0 Å². The largest absolute Gasteiger partial charge is 0.294 e. The van der Waals surface area contributed by atoms with Gasteiger partial charge in [-0.05, 0) is 36.4 Å². The maximum Gasteiger partial charge on any atom is 0.0697 e. The Bertz CT molecular complexity index is 646. The monoisotopic (exact) mass is 243 g/mol. The predicted molar refractivity (Wildman–Crippen MR) is 70.2 cm³/mol. The fraction of sp³-hybridized carbons (Fsp3) is 0. The lowest BCUT2D eigenvalue weighted by atomic mass is 10.2. The van der Waals surface area contributed by atoms with E-state index in [0.717, 1.165) is 21.6 Å². The fourth-order valence-corrected chi connectivity index (χ4v) is 1.96. The zero-order valence-electron chi connectivity index (χ0n) is 8.97. The van der Waals surface area contributed by atoms with Crippen molar-refractivity contribution in [1.29, 1.82) is 0 Å². The van der Waals surface area contributed by atoms with E-state index in [1.54, 1.807) is 12.4 Å². The van der Waals surface area contributed by atoms with E-state index in [1.165, 1.54) is 0 Å². The molecule has 0 saturated heterocycles. The molecule has 1 N–H and O–H groups in total. The quantitative estimate of drug-likeness (QED) is 0.746. The Balaban J connectivity index is 2.01. The summed E-state index contributed by atoms with van der Waals surface area (Å²) in [5, 5.41) is 1.86. The van der Waals surface area contributed by atoms with E-state index in [2.05, 4.69) is 10.4 Å². The average Bonchev–Trinajstić information content (AvgIpc) is 2.73. The molecular weight excluding hydrogens is 234 g/mol. The lowest BCUT2D eigenvalue weighted by Gasteiger charge is -2.08. The maximum absolute atomic E-state index is 5.95. The predicted octanol–water partition coefficient (Wildman–Crippen LogP) is 3.56. The number of fused-ring (bicyclic) bond motifs is 1. The SMILES string of the molecule is Clc1ccc2c(ccn2Nc2ccncc2)c1. The van der Waals surface area contributed by atoms with Gasteiger partial charge in [-0.3, -0.25) is 15.1 Å². The number of benzene rings is 1. The third-order valence-electron chi connectivity index (χ3n) is 2.58. The minimum absolute atomic E-state index is 0.749. The van der Waals surface area contributed by atoms with Gasteiger partial charge in [-0.15, -0.1) is 0 Å². The minimum atomic E-state index is 0.749. The van der Waals surface area contributed by atoms with Crippen LogP contribution in [-0.2, 0) is 0 Å². The van der Waals surface area contributed by atoms with Crippen LogP contribution in [0.4, 0.5) is 5.69 Å². The number of pyridine rings is 1. The molecule has 0 spiro atoms. The van der Waals surface area contributed by atoms with Crippen LogP contribution in [-0.4, -0.2) is 9.66 Å². The summed E-state index contributed by atoms with van der Waals surface area (Å²) in [7, 11) is 0. The van der Waals surface area contributed by atoms with Crippen LogP contribution in [0.5, 0.6) is 0 Å². The van der Waals surface area contributed by atoms with Crippen molar-refractivity contribution in [3.05, 3.63) is 60.0 Å². The highest BCUT2D eigenvalue weighted by atomic mass is 35.5. The van der Waals surface area contributed by atoms with E-state index < -0.39 is 0 Å². The van der Waals surface area contributed by atoms with E-state index in [1.807, 2.05) is 47.3 Å². The summed E-state index contributed by atoms with van der Waals surface area (Å²) < 4.78 is 1.96. The number of aromatic nitrogens is 2. The van der Waals surface area contributed by atoms with Crippen molar-refractivity contribution in [2.75, 3.05) is 5.43 Å². The van der Waals surface area contributed by atoms with Gasteiger partial charge < -0.3 is 0 Å². The minimum Gasteiger partial charge on any atom is -0.294 e. The highest BCUT2D eigenvalue weighted by Gasteiger charge is 2.01. The Hall–Kier alpha value is -2.00. The number of halogens is 1. The van der Waals surface area contributed by atoms with Crippen molar-refractivity contribution in [2.45, 2.75) is 0 Å². The Morgan fingerprint density at radius 3 is 2.71 bits per heavy atom. The highest BCUT2D eigenvalue weighted by Crippen LogP contribution is 2.20. The van der Waals surface area contributed by atoms with Crippen LogP contribution in [0.25, 0.3) is 10.9 Å². The molecule has 84 valence electrons. The summed E-state index contributed by atoms with van der Waals surface area (Å²) in [4.78, 5) is 3.98. The second kappa shape index (κ2) is 4.11. The van der Waals surface area contributed by atoms with Gasteiger partial charge in [-0.2, -0.15) is 0 Å². The molecule has 0 bridgehead atoms. The van der Waals surface area contributed by atoms with Crippen LogP contribution in [0.3, 0.4) is 0 Å². The van der Waals surface area contributed by atoms with Crippen LogP contribution in [0, 0.1) is 0 Å². The Morgan fingerprint density at radius 1 is 1.06 bits per heavy atom. The summed E-state index contributed by atoms with van der Waals surface area (Å²) in [6, 6.07) is 11.7. The second-order valence-electron chi connectivity index (χ2n) is 3.74. The van der Waals surface area contributed by atoms with Crippen molar-refractivity contribution >= 4 is 28.2 Å². The van der Waals surface area contributed by atoms with E-state index >= 15 is 0 Å². The summed E-state index contributed by atoms with van der Waals surface area (Å²) in [6.07, 6.45) is 5.48. The van der Waals surface area contributed by atoms with Crippen molar-refractivity contribution in [3.8, 4) is 0 Å². The van der Waals surface area contributed by atoms with Gasteiger partial charge >= 0.3 is 0 Å². The molecule has 0 aliphatic carbocycles. The second-order valence-corrected chi connectivity index (χ2v) is 4.17. The van der Waals surface area contributed by atoms with Gasteiger partial charge in [0.05, 0.1) is 11.2 Å². The maximum atomic E-state index is 5.95. The van der Waals surface area contributed by atoms with Crippen molar-refractivity contribution in [2.24, 2.45) is 0 Å². The Labute approximate surface area is 104 Å². The molecule has 0 amide bonds. The summed E-state index contributed by atoms with van der Waals surface area (Å²) in [6.45, 7) is 0. The van der Waals surface area contributed by atoms with Gasteiger partial charge in [-0.25, -0.2) is 0 Å². The van der Waals surface area contributed by atoms with Gasteiger partial charge in [-0.1, -0.05) is 11.6 Å². The normalized spacial score (nSPS) is 10.6. The molecule has 0 radical (unpaired) electrons. The molecule has 3 aromatic rings. The standard InChI is InChI=1S/C13H10ClN3/c14-11-1-2-13-10(9-11)5-8-17(13)16-12-3-6-15-7-4-12/h1-9H,(H,15,16). The third kappa shape index (κ3) is 1.97. The third-order valence-corrected chi connectivity index (χ3v) is 2.82. The van der Waals surface area contributed by atoms with E-state index in [9.17, 15) is 0 Å². The molecule has 2 aromatic heterocycles. The van der Waals surface area contributed by atoms with Crippen LogP contribution in [0.2, 0.25) is 5.02 Å². The molecule has 3 rings (SSSR count). The summed E-state index contributed by atoms with van der Waals surface area (Å²) in [5.74, 6) is 0. The first-order valence-corrected chi connectivity index (χ1v) is 5.64. The molecule has 0 fully saturated rings. The molecule has 0 aliphatic heterocycles. The first kappa shape index (κ1) is 10.2. The molecule has 2 heterocycles. The zero-order valence-corrected chi connectivity index (χ0v) is 9.72. The van der Waals surface area contributed by atoms with Gasteiger partial charge in [0.15, 0.2) is 0 Å². The van der Waals surface area contributed by atoms with E-state index in [0.29, 0.717) is 0 Å². The van der Waals surface area contributed by atoms with E-state index in [4.69, 9.17) is 11.6 Å². The number of rotatable bonds is 2. The molecule has 0 aliphatic rings. The molecule has 17 heavy (non-hydrogen) atoms. The average molecular weight is 244 g/mol. The van der Waals surface area contributed by atoms with Gasteiger partial charge in [0.2, 0.25) is 0 Å². The van der Waals surface area contributed by atoms with Crippen LogP contribution in [0.1, 0.15) is 0 Å². The van der Waals surface area contributed by atoms with Crippen molar-refractivity contribution in [3.63, 3.8) is 0 Å². The summed E-state index contributed by atoms with van der Waals surface area (Å²) >= 11 is 5.95. The molecule has 3 nitrogen and oxygen atoms in total. The molecule has 0 saturated carbocycles. The number of hydrogen-bond acceptors (Lipinski definition) is 2. The molecule has 0 unspecified atom stereocenters. The lowest BCUT2D eigenvalue weighted by molar-refractivity contribution is 1.01. The topological polar surface area (TPSA) is 29.9 Å². The number of nitrogens with zero attached hydrogens (tertiary/aromatic N) is 2. The van der Waals surface area contributed by atoms with Crippen LogP contribution in [0.15, 0.2) is 55.0 Å². The molecule has 1 aromatic carbocycles. The van der Waals surface area contributed by atoms with Crippen LogP contribution < -0.4 is 5.43 Å². The van der Waals surface area contributed by atoms with Gasteiger partial charge in [0, 0.05) is 29.0 Å².